The summed E-state index contributed by atoms with van der Waals surface area (Å²) in [6.45, 7) is 1.22. The largest absolute Gasteiger partial charge is 0.459 e. The highest BCUT2D eigenvalue weighted by molar-refractivity contribution is 9.10. The molecule has 0 bridgehead atoms. The Bertz CT molecular complexity index is 871. The SMILES string of the molecule is O=C(c1ccco1)N(CC1CCCO1)c1nc(-c2ccc(Br)cc2)cs1. The topological polar surface area (TPSA) is 55.6 Å². The highest BCUT2D eigenvalue weighted by Gasteiger charge is 2.28. The number of rotatable bonds is 5. The second-order valence-corrected chi connectivity index (χ2v) is 7.80. The lowest BCUT2D eigenvalue weighted by Gasteiger charge is -2.22. The van der Waals surface area contributed by atoms with Gasteiger partial charge in [0.2, 0.25) is 0 Å². The molecule has 1 aliphatic rings. The minimum absolute atomic E-state index is 0.0361. The van der Waals surface area contributed by atoms with E-state index >= 15 is 0 Å². The summed E-state index contributed by atoms with van der Waals surface area (Å²) >= 11 is 4.89. The molecule has 0 saturated carbocycles. The van der Waals surface area contributed by atoms with Crippen molar-refractivity contribution in [2.24, 2.45) is 0 Å². The van der Waals surface area contributed by atoms with Gasteiger partial charge in [-0.25, -0.2) is 4.98 Å². The maximum absolute atomic E-state index is 12.9. The number of furan rings is 1. The van der Waals surface area contributed by atoms with E-state index in [1.807, 2.05) is 29.6 Å². The monoisotopic (exact) mass is 432 g/mol. The van der Waals surface area contributed by atoms with Crippen LogP contribution in [0, 0.1) is 0 Å². The molecule has 1 aliphatic heterocycles. The molecular formula is C19H17BrN2O3S. The molecule has 1 aromatic carbocycles. The molecule has 4 rings (SSSR count). The number of benzene rings is 1. The number of hydrogen-bond acceptors (Lipinski definition) is 5. The fourth-order valence-electron chi connectivity index (χ4n) is 2.91. The van der Waals surface area contributed by atoms with Crippen LogP contribution in [0.5, 0.6) is 0 Å². The molecule has 5 nitrogen and oxygen atoms in total. The molecule has 1 fully saturated rings. The normalized spacial score (nSPS) is 16.7. The van der Waals surface area contributed by atoms with Crippen molar-refractivity contribution in [3.05, 3.63) is 58.3 Å². The van der Waals surface area contributed by atoms with Crippen molar-refractivity contribution in [3.63, 3.8) is 0 Å². The molecule has 26 heavy (non-hydrogen) atoms. The average molecular weight is 433 g/mol. The molecule has 1 amide bonds. The van der Waals surface area contributed by atoms with Crippen molar-refractivity contribution >= 4 is 38.3 Å². The number of ether oxygens (including phenoxy) is 1. The quantitative estimate of drug-likeness (QED) is 0.569. The lowest BCUT2D eigenvalue weighted by atomic mass is 10.2. The van der Waals surface area contributed by atoms with E-state index in [2.05, 4.69) is 15.9 Å². The van der Waals surface area contributed by atoms with Crippen molar-refractivity contribution in [1.29, 1.82) is 0 Å². The summed E-state index contributed by atoms with van der Waals surface area (Å²) in [6, 6.07) is 11.4. The Kier molecular flexibility index (Phi) is 5.19. The number of carbonyl (C=O) groups is 1. The van der Waals surface area contributed by atoms with Crippen LogP contribution in [0.2, 0.25) is 0 Å². The Labute approximate surface area is 163 Å². The summed E-state index contributed by atoms with van der Waals surface area (Å²) in [4.78, 5) is 19.3. The van der Waals surface area contributed by atoms with E-state index in [1.54, 1.807) is 17.0 Å². The third-order valence-corrected chi connectivity index (χ3v) is 5.64. The highest BCUT2D eigenvalue weighted by Crippen LogP contribution is 2.30. The minimum atomic E-state index is -0.192. The van der Waals surface area contributed by atoms with Crippen LogP contribution in [-0.4, -0.2) is 30.1 Å². The molecule has 1 saturated heterocycles. The van der Waals surface area contributed by atoms with Crippen molar-refractivity contribution in [2.45, 2.75) is 18.9 Å². The number of aromatic nitrogens is 1. The molecule has 1 unspecified atom stereocenters. The van der Waals surface area contributed by atoms with Gasteiger partial charge in [-0.2, -0.15) is 0 Å². The molecule has 0 aliphatic carbocycles. The Hall–Kier alpha value is -1.96. The minimum Gasteiger partial charge on any atom is -0.459 e. The Morgan fingerprint density at radius 3 is 2.85 bits per heavy atom. The number of nitrogens with zero attached hydrogens (tertiary/aromatic N) is 2. The number of amides is 1. The van der Waals surface area contributed by atoms with Crippen LogP contribution in [0.4, 0.5) is 5.13 Å². The average Bonchev–Trinajstić information content (AvgIpc) is 3.42. The molecule has 0 spiro atoms. The molecule has 1 atom stereocenters. The van der Waals surface area contributed by atoms with Crippen LogP contribution in [0.1, 0.15) is 23.4 Å². The fraction of sp³-hybridized carbons (Fsp3) is 0.263. The van der Waals surface area contributed by atoms with Crippen molar-refractivity contribution in [2.75, 3.05) is 18.1 Å². The number of carbonyl (C=O) groups excluding carboxylic acids is 1. The van der Waals surface area contributed by atoms with Gasteiger partial charge in [0, 0.05) is 22.0 Å². The van der Waals surface area contributed by atoms with Gasteiger partial charge in [0.05, 0.1) is 24.6 Å². The van der Waals surface area contributed by atoms with E-state index in [0.717, 1.165) is 35.2 Å². The van der Waals surface area contributed by atoms with Gasteiger partial charge in [0.1, 0.15) is 0 Å². The zero-order valence-corrected chi connectivity index (χ0v) is 16.3. The standard InChI is InChI=1S/C19H17BrN2O3S/c20-14-7-5-13(6-8-14)16-12-26-19(21-16)22(11-15-3-1-9-24-15)18(23)17-4-2-10-25-17/h2,4-8,10,12,15H,1,3,9,11H2. The first kappa shape index (κ1) is 17.5. The second-order valence-electron chi connectivity index (χ2n) is 6.05. The third-order valence-electron chi connectivity index (χ3n) is 4.25. The second kappa shape index (κ2) is 7.73. The van der Waals surface area contributed by atoms with Crippen LogP contribution in [-0.2, 0) is 4.74 Å². The van der Waals surface area contributed by atoms with E-state index in [1.165, 1.54) is 17.6 Å². The molecule has 134 valence electrons. The van der Waals surface area contributed by atoms with Gasteiger partial charge in [0.15, 0.2) is 10.9 Å². The lowest BCUT2D eigenvalue weighted by molar-refractivity contribution is 0.0895. The highest BCUT2D eigenvalue weighted by atomic mass is 79.9. The van der Waals surface area contributed by atoms with Crippen LogP contribution in [0.3, 0.4) is 0 Å². The Morgan fingerprint density at radius 2 is 2.15 bits per heavy atom. The molecule has 2 aromatic heterocycles. The van der Waals surface area contributed by atoms with Gasteiger partial charge >= 0.3 is 0 Å². The summed E-state index contributed by atoms with van der Waals surface area (Å²) in [7, 11) is 0. The van der Waals surface area contributed by atoms with E-state index in [0.29, 0.717) is 17.4 Å². The first-order valence-corrected chi connectivity index (χ1v) is 10.1. The maximum Gasteiger partial charge on any atom is 0.295 e. The molecule has 7 heteroatoms. The third kappa shape index (κ3) is 3.75. The Balaban J connectivity index is 1.62. The molecule has 3 heterocycles. The summed E-state index contributed by atoms with van der Waals surface area (Å²) in [5.41, 5.74) is 1.86. The van der Waals surface area contributed by atoms with Crippen LogP contribution in [0.25, 0.3) is 11.3 Å². The Morgan fingerprint density at radius 1 is 1.31 bits per heavy atom. The number of anilines is 1. The summed E-state index contributed by atoms with van der Waals surface area (Å²) in [6.07, 6.45) is 3.52. The van der Waals surface area contributed by atoms with Crippen molar-refractivity contribution in [1.82, 2.24) is 4.98 Å². The van der Waals surface area contributed by atoms with Crippen LogP contribution >= 0.6 is 27.3 Å². The van der Waals surface area contributed by atoms with Gasteiger partial charge in [0.25, 0.3) is 5.91 Å². The lowest BCUT2D eigenvalue weighted by Crippen LogP contribution is -2.37. The van der Waals surface area contributed by atoms with Gasteiger partial charge in [-0.1, -0.05) is 28.1 Å². The molecule has 0 radical (unpaired) electrons. The van der Waals surface area contributed by atoms with E-state index < -0.39 is 0 Å². The predicted octanol–water partition coefficient (Wildman–Crippen LogP) is 4.99. The van der Waals surface area contributed by atoms with E-state index in [-0.39, 0.29) is 12.0 Å². The van der Waals surface area contributed by atoms with Gasteiger partial charge in [-0.05, 0) is 37.1 Å². The maximum atomic E-state index is 12.9. The zero-order chi connectivity index (χ0) is 17.9. The molecular weight excluding hydrogens is 416 g/mol. The van der Waals surface area contributed by atoms with Crippen molar-refractivity contribution in [3.8, 4) is 11.3 Å². The summed E-state index contributed by atoms with van der Waals surface area (Å²) in [5.74, 6) is 0.116. The zero-order valence-electron chi connectivity index (χ0n) is 13.9. The summed E-state index contributed by atoms with van der Waals surface area (Å²) in [5, 5.41) is 2.62. The summed E-state index contributed by atoms with van der Waals surface area (Å²) < 4.78 is 12.0. The smallest absolute Gasteiger partial charge is 0.295 e. The first-order chi connectivity index (χ1) is 12.7. The van der Waals surface area contributed by atoms with Crippen molar-refractivity contribution < 1.29 is 13.9 Å². The molecule has 3 aromatic rings. The fourth-order valence-corrected chi connectivity index (χ4v) is 4.02. The molecule has 0 N–H and O–H groups in total. The van der Waals surface area contributed by atoms with Gasteiger partial charge in [-0.15, -0.1) is 11.3 Å². The van der Waals surface area contributed by atoms with Gasteiger partial charge in [-0.3, -0.25) is 9.69 Å². The van der Waals surface area contributed by atoms with Crippen LogP contribution < -0.4 is 4.90 Å². The van der Waals surface area contributed by atoms with Crippen LogP contribution in [0.15, 0.2) is 56.9 Å². The first-order valence-electron chi connectivity index (χ1n) is 8.39. The number of hydrogen-bond donors (Lipinski definition) is 0. The number of halogens is 1. The number of thiazole rings is 1. The van der Waals surface area contributed by atoms with E-state index in [9.17, 15) is 4.79 Å². The predicted molar refractivity (Wildman–Crippen MR) is 105 cm³/mol. The van der Waals surface area contributed by atoms with E-state index in [4.69, 9.17) is 14.1 Å². The van der Waals surface area contributed by atoms with Gasteiger partial charge < -0.3 is 9.15 Å².